The van der Waals surface area contributed by atoms with Crippen LogP contribution in [-0.2, 0) is 14.4 Å². The molecule has 0 radical (unpaired) electrons. The molecule has 1 N–H and O–H groups in total. The number of carbonyl (C=O) groups is 3. The molecule has 0 spiro atoms. The molecule has 1 aliphatic heterocycles. The average molecular weight is 571 g/mol. The zero-order valence-corrected chi connectivity index (χ0v) is 20.8. The highest BCUT2D eigenvalue weighted by Crippen LogP contribution is 2.60. The normalized spacial score (nSPS) is 30.7. The topological polar surface area (TPSA) is 110 Å². The van der Waals surface area contributed by atoms with E-state index in [0.29, 0.717) is 37.1 Å². The molecule has 8 nitrogen and oxygen atoms in total. The molecule has 1 heterocycles. The number of imide groups is 1. The first-order valence-electron chi connectivity index (χ1n) is 10.9. The van der Waals surface area contributed by atoms with Crippen LogP contribution in [0.4, 0.5) is 11.4 Å². The molecule has 0 aromatic heterocycles. The summed E-state index contributed by atoms with van der Waals surface area (Å²) in [6, 6.07) is 4.61. The number of hydrogen-bond donors (Lipinski definition) is 1. The fraction of sp³-hybridized carbons (Fsp3) is 0.591. The fourth-order valence-corrected chi connectivity index (χ4v) is 7.34. The van der Waals surface area contributed by atoms with Crippen molar-refractivity contribution in [3.8, 4) is 0 Å². The number of anilines is 1. The van der Waals surface area contributed by atoms with Crippen molar-refractivity contribution in [1.29, 1.82) is 0 Å². The van der Waals surface area contributed by atoms with Gasteiger partial charge in [0.1, 0.15) is 0 Å². The van der Waals surface area contributed by atoms with E-state index in [-0.39, 0.29) is 63.2 Å². The molecule has 10 heteroatoms. The third kappa shape index (κ3) is 4.11. The number of alkyl halides is 2. The third-order valence-electron chi connectivity index (χ3n) is 7.05. The first kappa shape index (κ1) is 23.4. The number of benzene rings is 1. The molecule has 172 valence electrons. The molecule has 2 saturated carbocycles. The van der Waals surface area contributed by atoms with Crippen molar-refractivity contribution in [2.45, 2.75) is 48.7 Å². The molecular formula is C22H25Br2N3O5. The summed E-state index contributed by atoms with van der Waals surface area (Å²) < 4.78 is 0. The number of amides is 3. The Bertz CT molecular complexity index is 939. The van der Waals surface area contributed by atoms with E-state index >= 15 is 0 Å². The van der Waals surface area contributed by atoms with Crippen molar-refractivity contribution in [2.24, 2.45) is 23.7 Å². The van der Waals surface area contributed by atoms with Gasteiger partial charge in [-0.05, 0) is 44.1 Å². The number of aryl methyl sites for hydroxylation is 1. The van der Waals surface area contributed by atoms with Gasteiger partial charge < -0.3 is 5.32 Å². The molecule has 3 aliphatic rings. The van der Waals surface area contributed by atoms with E-state index in [4.69, 9.17) is 0 Å². The van der Waals surface area contributed by atoms with Crippen LogP contribution >= 0.6 is 31.9 Å². The second-order valence-electron chi connectivity index (χ2n) is 8.95. The number of nitro groups is 1. The van der Waals surface area contributed by atoms with Crippen molar-refractivity contribution in [2.75, 3.05) is 11.9 Å². The van der Waals surface area contributed by atoms with Crippen molar-refractivity contribution in [3.63, 3.8) is 0 Å². The van der Waals surface area contributed by atoms with Gasteiger partial charge in [-0.1, -0.05) is 44.3 Å². The van der Waals surface area contributed by atoms with Crippen molar-refractivity contribution in [1.82, 2.24) is 4.90 Å². The molecule has 2 aliphatic carbocycles. The van der Waals surface area contributed by atoms with Crippen LogP contribution in [0.25, 0.3) is 0 Å². The van der Waals surface area contributed by atoms with E-state index in [0.717, 1.165) is 6.42 Å². The maximum atomic E-state index is 12.9. The number of nitro benzene ring substituents is 1. The minimum atomic E-state index is -0.471. The predicted octanol–water partition coefficient (Wildman–Crippen LogP) is 4.18. The summed E-state index contributed by atoms with van der Waals surface area (Å²) in [7, 11) is 0. The van der Waals surface area contributed by atoms with E-state index in [1.807, 2.05) is 0 Å². The van der Waals surface area contributed by atoms with Gasteiger partial charge in [0.25, 0.3) is 5.69 Å². The maximum Gasteiger partial charge on any atom is 0.274 e. The van der Waals surface area contributed by atoms with Crippen LogP contribution in [0.1, 0.15) is 37.7 Å². The van der Waals surface area contributed by atoms with E-state index < -0.39 is 4.92 Å². The van der Waals surface area contributed by atoms with Gasteiger partial charge in [0.2, 0.25) is 17.7 Å². The average Bonchev–Trinajstić information content (AvgIpc) is 3.35. The van der Waals surface area contributed by atoms with Crippen LogP contribution in [-0.4, -0.2) is 43.7 Å². The van der Waals surface area contributed by atoms with Crippen LogP contribution in [0.5, 0.6) is 0 Å². The zero-order chi connectivity index (χ0) is 23.2. The number of fused-ring (bicyclic) bond motifs is 5. The summed E-state index contributed by atoms with van der Waals surface area (Å²) in [6.07, 6.45) is 3.18. The zero-order valence-electron chi connectivity index (χ0n) is 17.6. The van der Waals surface area contributed by atoms with Crippen LogP contribution in [0, 0.1) is 40.7 Å². The number of rotatable bonds is 8. The SMILES string of the molecule is Cc1ccc(NC(=O)CCCCCN2C(=O)[C@@H]3[C@H]4C[C@@H]([C@H](Br)[C@@H]4Br)[C@@H]3C2=O)cc1[N+](=O)[O-]. The molecule has 2 bridgehead atoms. The van der Waals surface area contributed by atoms with Crippen LogP contribution < -0.4 is 5.32 Å². The van der Waals surface area contributed by atoms with Crippen LogP contribution in [0.3, 0.4) is 0 Å². The largest absolute Gasteiger partial charge is 0.326 e. The first-order chi connectivity index (χ1) is 15.2. The summed E-state index contributed by atoms with van der Waals surface area (Å²) in [5.74, 6) is -0.210. The predicted molar refractivity (Wildman–Crippen MR) is 126 cm³/mol. The van der Waals surface area contributed by atoms with Gasteiger partial charge in [-0.2, -0.15) is 0 Å². The minimum absolute atomic E-state index is 0.0292. The molecule has 4 rings (SSSR count). The van der Waals surface area contributed by atoms with Gasteiger partial charge in [-0.3, -0.25) is 29.4 Å². The summed E-state index contributed by atoms with van der Waals surface area (Å²) in [5.41, 5.74) is 0.907. The monoisotopic (exact) mass is 569 g/mol. The Kier molecular flexibility index (Phi) is 6.72. The molecule has 1 aromatic rings. The van der Waals surface area contributed by atoms with E-state index in [2.05, 4.69) is 37.2 Å². The lowest BCUT2D eigenvalue weighted by Crippen LogP contribution is -2.37. The van der Waals surface area contributed by atoms with Gasteiger partial charge in [0.05, 0.1) is 16.8 Å². The summed E-state index contributed by atoms with van der Waals surface area (Å²) in [6.45, 7) is 2.05. The Morgan fingerprint density at radius 3 is 2.34 bits per heavy atom. The Labute approximate surface area is 202 Å². The smallest absolute Gasteiger partial charge is 0.274 e. The number of unbranched alkanes of at least 4 members (excludes halogenated alkanes) is 2. The third-order valence-corrected chi connectivity index (χ3v) is 10.3. The Morgan fingerprint density at radius 1 is 1.12 bits per heavy atom. The summed E-state index contributed by atoms with van der Waals surface area (Å²) >= 11 is 7.38. The summed E-state index contributed by atoms with van der Waals surface area (Å²) in [4.78, 5) is 50.4. The lowest BCUT2D eigenvalue weighted by atomic mass is 9.81. The van der Waals surface area contributed by atoms with Gasteiger partial charge in [-0.15, -0.1) is 0 Å². The van der Waals surface area contributed by atoms with Gasteiger partial charge in [0.15, 0.2) is 0 Å². The summed E-state index contributed by atoms with van der Waals surface area (Å²) in [5, 5.41) is 13.7. The molecule has 3 amide bonds. The van der Waals surface area contributed by atoms with Crippen molar-refractivity contribution >= 4 is 61.0 Å². The number of hydrogen-bond acceptors (Lipinski definition) is 5. The molecule has 1 saturated heterocycles. The van der Waals surface area contributed by atoms with E-state index in [1.165, 1.54) is 11.0 Å². The number of likely N-dealkylation sites (tertiary alicyclic amines) is 1. The molecular weight excluding hydrogens is 546 g/mol. The molecule has 1 aromatic carbocycles. The number of nitrogens with zero attached hydrogens (tertiary/aromatic N) is 2. The second-order valence-corrected chi connectivity index (χ2v) is 11.1. The van der Waals surface area contributed by atoms with Crippen molar-refractivity contribution < 1.29 is 19.3 Å². The number of halogens is 2. The molecule has 0 unspecified atom stereocenters. The van der Waals surface area contributed by atoms with Crippen molar-refractivity contribution in [3.05, 3.63) is 33.9 Å². The Hall–Kier alpha value is -1.81. The number of carbonyl (C=O) groups excluding carboxylic acids is 3. The fourth-order valence-electron chi connectivity index (χ4n) is 5.47. The first-order valence-corrected chi connectivity index (χ1v) is 12.7. The van der Waals surface area contributed by atoms with Gasteiger partial charge in [0, 0.05) is 39.9 Å². The lowest BCUT2D eigenvalue weighted by Gasteiger charge is -2.28. The second kappa shape index (κ2) is 9.21. The molecule has 32 heavy (non-hydrogen) atoms. The maximum absolute atomic E-state index is 12.9. The van der Waals surface area contributed by atoms with E-state index in [1.54, 1.807) is 19.1 Å². The highest BCUT2D eigenvalue weighted by molar-refractivity contribution is 9.12. The number of nitrogens with one attached hydrogen (secondary N) is 1. The quantitative estimate of drug-likeness (QED) is 0.166. The van der Waals surface area contributed by atoms with Crippen LogP contribution in [0.15, 0.2) is 18.2 Å². The molecule has 6 atom stereocenters. The minimum Gasteiger partial charge on any atom is -0.326 e. The molecule has 3 fully saturated rings. The van der Waals surface area contributed by atoms with Gasteiger partial charge in [-0.25, -0.2) is 0 Å². The highest BCUT2D eigenvalue weighted by atomic mass is 79.9. The Balaban J connectivity index is 1.21. The highest BCUT2D eigenvalue weighted by Gasteiger charge is 2.66. The van der Waals surface area contributed by atoms with E-state index in [9.17, 15) is 24.5 Å². The lowest BCUT2D eigenvalue weighted by molar-refractivity contribution is -0.385. The standard InChI is InChI=1S/C22H25Br2N3O5/c1-11-6-7-12(9-15(11)27(31)32)25-16(28)5-3-2-4-8-26-21(29)17-13-10-14(18(17)22(26)30)20(24)19(13)23/h6-7,9,13-14,17-20H,2-5,8,10H2,1H3,(H,25,28)/t13-,14-,17-,18+,19-,20+/m1/s1. The Morgan fingerprint density at radius 2 is 1.75 bits per heavy atom. The van der Waals surface area contributed by atoms with Crippen LogP contribution in [0.2, 0.25) is 0 Å². The van der Waals surface area contributed by atoms with Gasteiger partial charge >= 0.3 is 0 Å².